The molecule has 1 saturated carbocycles. The fourth-order valence-electron chi connectivity index (χ4n) is 3.40. The van der Waals surface area contributed by atoms with Crippen LogP contribution in [-0.4, -0.2) is 57.4 Å². The van der Waals surface area contributed by atoms with E-state index < -0.39 is 12.0 Å². The minimum absolute atomic E-state index is 0.0265. The molecule has 6 heteroatoms. The molecule has 2 fully saturated rings. The molecule has 1 N–H and O–H groups in total. The first-order chi connectivity index (χ1) is 9.95. The topological polar surface area (TPSA) is 77.9 Å². The number of rotatable bonds is 6. The molecular formula is C15H24N2O4. The highest BCUT2D eigenvalue weighted by atomic mass is 16.4. The fourth-order valence-corrected chi connectivity index (χ4v) is 3.40. The van der Waals surface area contributed by atoms with Gasteiger partial charge >= 0.3 is 5.97 Å². The molecule has 2 unspecified atom stereocenters. The molecule has 1 saturated heterocycles. The molecule has 2 atom stereocenters. The summed E-state index contributed by atoms with van der Waals surface area (Å²) in [6.07, 6.45) is 4.73. The summed E-state index contributed by atoms with van der Waals surface area (Å²) < 4.78 is 0. The Bertz CT molecular complexity index is 431. The van der Waals surface area contributed by atoms with Crippen molar-refractivity contribution in [2.45, 2.75) is 70.5 Å². The SMILES string of the molecule is CCC(C)N(CC(=O)O)C1CC(=O)N(C2CCCC2)C1=O. The third-order valence-electron chi connectivity index (χ3n) is 4.72. The van der Waals surface area contributed by atoms with Crippen molar-refractivity contribution in [3.8, 4) is 0 Å². The van der Waals surface area contributed by atoms with Gasteiger partial charge in [-0.1, -0.05) is 19.8 Å². The summed E-state index contributed by atoms with van der Waals surface area (Å²) in [5.74, 6) is -1.31. The zero-order valence-electron chi connectivity index (χ0n) is 12.7. The van der Waals surface area contributed by atoms with E-state index in [1.165, 1.54) is 4.90 Å². The van der Waals surface area contributed by atoms with Crippen molar-refractivity contribution < 1.29 is 19.5 Å². The molecule has 21 heavy (non-hydrogen) atoms. The van der Waals surface area contributed by atoms with Crippen LogP contribution in [-0.2, 0) is 14.4 Å². The molecular weight excluding hydrogens is 272 g/mol. The molecule has 1 aliphatic heterocycles. The average molecular weight is 296 g/mol. The molecule has 0 aromatic rings. The Morgan fingerprint density at radius 2 is 2.00 bits per heavy atom. The maximum Gasteiger partial charge on any atom is 0.317 e. The highest BCUT2D eigenvalue weighted by molar-refractivity contribution is 6.06. The summed E-state index contributed by atoms with van der Waals surface area (Å²) in [6, 6.07) is -0.617. The molecule has 2 rings (SSSR count). The van der Waals surface area contributed by atoms with Crippen LogP contribution in [0.2, 0.25) is 0 Å². The van der Waals surface area contributed by atoms with E-state index in [0.717, 1.165) is 32.1 Å². The van der Waals surface area contributed by atoms with Gasteiger partial charge in [0.1, 0.15) is 0 Å². The molecule has 118 valence electrons. The summed E-state index contributed by atoms with van der Waals surface area (Å²) in [6.45, 7) is 3.66. The maximum atomic E-state index is 12.6. The molecule has 0 spiro atoms. The summed E-state index contributed by atoms with van der Waals surface area (Å²) in [4.78, 5) is 39.0. The number of carboxylic acids is 1. The van der Waals surface area contributed by atoms with Crippen LogP contribution in [0.1, 0.15) is 52.4 Å². The summed E-state index contributed by atoms with van der Waals surface area (Å²) in [5.41, 5.74) is 0. The molecule has 2 amide bonds. The Balaban J connectivity index is 2.16. The predicted octanol–water partition coefficient (Wildman–Crippen LogP) is 1.24. The lowest BCUT2D eigenvalue weighted by Crippen LogP contribution is -2.49. The summed E-state index contributed by atoms with van der Waals surface area (Å²) in [5, 5.41) is 9.07. The smallest absolute Gasteiger partial charge is 0.317 e. The van der Waals surface area contributed by atoms with E-state index in [-0.39, 0.29) is 36.9 Å². The monoisotopic (exact) mass is 296 g/mol. The van der Waals surface area contributed by atoms with Crippen molar-refractivity contribution >= 4 is 17.8 Å². The van der Waals surface area contributed by atoms with Gasteiger partial charge in [-0.05, 0) is 26.2 Å². The number of hydrogen-bond donors (Lipinski definition) is 1. The number of imide groups is 1. The molecule has 1 heterocycles. The normalized spacial score (nSPS) is 25.1. The lowest BCUT2D eigenvalue weighted by Gasteiger charge is -2.31. The van der Waals surface area contributed by atoms with Gasteiger partial charge in [0.15, 0.2) is 0 Å². The van der Waals surface area contributed by atoms with Crippen molar-refractivity contribution in [3.05, 3.63) is 0 Å². The molecule has 0 radical (unpaired) electrons. The summed E-state index contributed by atoms with van der Waals surface area (Å²) >= 11 is 0. The Hall–Kier alpha value is -1.43. The van der Waals surface area contributed by atoms with Gasteiger partial charge < -0.3 is 5.11 Å². The number of nitrogens with zero attached hydrogens (tertiary/aromatic N) is 2. The van der Waals surface area contributed by atoms with Crippen molar-refractivity contribution in [3.63, 3.8) is 0 Å². The predicted molar refractivity (Wildman–Crippen MR) is 76.6 cm³/mol. The van der Waals surface area contributed by atoms with Crippen molar-refractivity contribution in [2.24, 2.45) is 0 Å². The number of carbonyl (C=O) groups excluding carboxylic acids is 2. The van der Waals surface area contributed by atoms with Gasteiger partial charge in [0, 0.05) is 12.1 Å². The zero-order chi connectivity index (χ0) is 15.6. The van der Waals surface area contributed by atoms with Gasteiger partial charge in [0.25, 0.3) is 0 Å². The Labute approximate surface area is 125 Å². The molecule has 1 aliphatic carbocycles. The maximum absolute atomic E-state index is 12.6. The number of hydrogen-bond acceptors (Lipinski definition) is 4. The largest absolute Gasteiger partial charge is 0.480 e. The molecule has 0 aromatic heterocycles. The van der Waals surface area contributed by atoms with Gasteiger partial charge in [-0.2, -0.15) is 0 Å². The fraction of sp³-hybridized carbons (Fsp3) is 0.800. The van der Waals surface area contributed by atoms with Gasteiger partial charge in [-0.25, -0.2) is 0 Å². The quantitative estimate of drug-likeness (QED) is 0.746. The lowest BCUT2D eigenvalue weighted by atomic mass is 10.1. The van der Waals surface area contributed by atoms with E-state index in [2.05, 4.69) is 0 Å². The van der Waals surface area contributed by atoms with Crippen LogP contribution in [0, 0.1) is 0 Å². The Morgan fingerprint density at radius 3 is 2.52 bits per heavy atom. The number of aliphatic carboxylic acids is 1. The van der Waals surface area contributed by atoms with Crippen LogP contribution in [0.4, 0.5) is 0 Å². The highest BCUT2D eigenvalue weighted by Crippen LogP contribution is 2.30. The van der Waals surface area contributed by atoms with Gasteiger partial charge in [0.2, 0.25) is 11.8 Å². The van der Waals surface area contributed by atoms with Crippen LogP contribution in [0.15, 0.2) is 0 Å². The number of carboxylic acid groups (broad SMARTS) is 1. The second kappa shape index (κ2) is 6.56. The Morgan fingerprint density at radius 1 is 1.38 bits per heavy atom. The van der Waals surface area contributed by atoms with Crippen LogP contribution in [0.25, 0.3) is 0 Å². The minimum Gasteiger partial charge on any atom is -0.480 e. The second-order valence-corrected chi connectivity index (χ2v) is 6.08. The third-order valence-corrected chi connectivity index (χ3v) is 4.72. The van der Waals surface area contributed by atoms with Crippen molar-refractivity contribution in [1.82, 2.24) is 9.80 Å². The van der Waals surface area contributed by atoms with Crippen LogP contribution < -0.4 is 0 Å². The van der Waals surface area contributed by atoms with Crippen molar-refractivity contribution in [1.29, 1.82) is 0 Å². The first kappa shape index (κ1) is 15.9. The van der Waals surface area contributed by atoms with Crippen LogP contribution >= 0.6 is 0 Å². The van der Waals surface area contributed by atoms with E-state index >= 15 is 0 Å². The number of amides is 2. The molecule has 6 nitrogen and oxygen atoms in total. The standard InChI is InChI=1S/C15H24N2O4/c1-3-10(2)16(9-14(19)20)12-8-13(18)17(15(12)21)11-6-4-5-7-11/h10-12H,3-9H2,1-2H3,(H,19,20). The van der Waals surface area contributed by atoms with Gasteiger partial charge in [0.05, 0.1) is 19.0 Å². The number of likely N-dealkylation sites (tertiary alicyclic amines) is 1. The van der Waals surface area contributed by atoms with Gasteiger partial charge in [-0.15, -0.1) is 0 Å². The second-order valence-electron chi connectivity index (χ2n) is 6.08. The highest BCUT2D eigenvalue weighted by Gasteiger charge is 2.46. The average Bonchev–Trinajstić information content (AvgIpc) is 3.03. The first-order valence-electron chi connectivity index (χ1n) is 7.79. The minimum atomic E-state index is -0.963. The van der Waals surface area contributed by atoms with Gasteiger partial charge in [-0.3, -0.25) is 24.2 Å². The molecule has 0 aromatic carbocycles. The van der Waals surface area contributed by atoms with Crippen LogP contribution in [0.3, 0.4) is 0 Å². The van der Waals surface area contributed by atoms with E-state index in [1.54, 1.807) is 4.90 Å². The Kier molecular flexibility index (Phi) is 4.98. The lowest BCUT2D eigenvalue weighted by molar-refractivity contribution is -0.143. The van der Waals surface area contributed by atoms with E-state index in [9.17, 15) is 14.4 Å². The molecule has 0 bridgehead atoms. The third kappa shape index (κ3) is 3.26. The molecule has 2 aliphatic rings. The van der Waals surface area contributed by atoms with E-state index in [4.69, 9.17) is 5.11 Å². The van der Waals surface area contributed by atoms with E-state index in [1.807, 2.05) is 13.8 Å². The zero-order valence-corrected chi connectivity index (χ0v) is 12.7. The number of carbonyl (C=O) groups is 3. The van der Waals surface area contributed by atoms with E-state index in [0.29, 0.717) is 0 Å². The van der Waals surface area contributed by atoms with Crippen molar-refractivity contribution in [2.75, 3.05) is 6.54 Å². The van der Waals surface area contributed by atoms with Crippen LogP contribution in [0.5, 0.6) is 0 Å². The first-order valence-corrected chi connectivity index (χ1v) is 7.79. The summed E-state index contributed by atoms with van der Waals surface area (Å²) in [7, 11) is 0.